The Kier molecular flexibility index (Phi) is 3.14. The summed E-state index contributed by atoms with van der Waals surface area (Å²) in [7, 11) is 0. The van der Waals surface area contributed by atoms with Crippen LogP contribution in [0.15, 0.2) is 48.5 Å². The number of Topliss-reactive ketones (excluding diaryl/α,β-unsaturated/α-hetero) is 1. The maximum atomic E-state index is 12.7. The normalized spacial score (nSPS) is 18.3. The van der Waals surface area contributed by atoms with Crippen molar-refractivity contribution in [3.05, 3.63) is 70.8 Å². The molecule has 0 radical (unpaired) electrons. The molecule has 1 heteroatoms. The molecular weight excluding hydrogens is 256 g/mol. The molecule has 0 bridgehead atoms. The lowest BCUT2D eigenvalue weighted by molar-refractivity contribution is 0.0924. The van der Waals surface area contributed by atoms with E-state index >= 15 is 0 Å². The van der Waals surface area contributed by atoms with Crippen LogP contribution in [0, 0.1) is 5.92 Å². The van der Waals surface area contributed by atoms with Crippen LogP contribution < -0.4 is 0 Å². The topological polar surface area (TPSA) is 17.1 Å². The molecule has 2 aliphatic carbocycles. The minimum atomic E-state index is 0.136. The average molecular weight is 276 g/mol. The zero-order valence-corrected chi connectivity index (χ0v) is 12.2. The number of hydrogen-bond donors (Lipinski definition) is 0. The van der Waals surface area contributed by atoms with Gasteiger partial charge in [-0.2, -0.15) is 0 Å². The average Bonchev–Trinajstić information content (AvgIpc) is 2.89. The van der Waals surface area contributed by atoms with E-state index < -0.39 is 0 Å². The van der Waals surface area contributed by atoms with Gasteiger partial charge in [-0.1, -0.05) is 55.0 Å². The third kappa shape index (κ3) is 2.31. The van der Waals surface area contributed by atoms with E-state index in [0.29, 0.717) is 5.78 Å². The lowest BCUT2D eigenvalue weighted by Gasteiger charge is -2.25. The number of fused-ring (bicyclic) bond motifs is 1. The Balaban J connectivity index is 1.50. The minimum Gasteiger partial charge on any atom is -0.294 e. The van der Waals surface area contributed by atoms with Gasteiger partial charge >= 0.3 is 0 Å². The molecule has 1 nitrogen and oxygen atoms in total. The molecule has 2 aliphatic rings. The highest BCUT2D eigenvalue weighted by Crippen LogP contribution is 2.36. The van der Waals surface area contributed by atoms with Crippen molar-refractivity contribution >= 4 is 5.78 Å². The Morgan fingerprint density at radius 3 is 2.00 bits per heavy atom. The van der Waals surface area contributed by atoms with Crippen molar-refractivity contribution in [1.82, 2.24) is 0 Å². The highest BCUT2D eigenvalue weighted by atomic mass is 16.1. The molecule has 0 aromatic heterocycles. The van der Waals surface area contributed by atoms with Gasteiger partial charge in [0.05, 0.1) is 0 Å². The first-order valence-corrected chi connectivity index (χ1v) is 8.02. The molecule has 106 valence electrons. The van der Waals surface area contributed by atoms with Gasteiger partial charge in [-0.25, -0.2) is 0 Å². The second kappa shape index (κ2) is 5.14. The van der Waals surface area contributed by atoms with Crippen LogP contribution in [-0.2, 0) is 12.8 Å². The molecule has 1 saturated carbocycles. The van der Waals surface area contributed by atoms with Gasteiger partial charge in [0, 0.05) is 11.5 Å². The van der Waals surface area contributed by atoms with Crippen molar-refractivity contribution in [1.29, 1.82) is 0 Å². The Morgan fingerprint density at radius 2 is 1.48 bits per heavy atom. The molecule has 2 aromatic carbocycles. The molecule has 0 amide bonds. The van der Waals surface area contributed by atoms with Crippen molar-refractivity contribution in [3.8, 4) is 0 Å². The summed E-state index contributed by atoms with van der Waals surface area (Å²) in [5.74, 6) is 1.19. The molecule has 0 spiro atoms. The van der Waals surface area contributed by atoms with Crippen LogP contribution in [0.5, 0.6) is 0 Å². The van der Waals surface area contributed by atoms with Crippen LogP contribution in [-0.4, -0.2) is 5.78 Å². The first kappa shape index (κ1) is 12.8. The largest absolute Gasteiger partial charge is 0.294 e. The van der Waals surface area contributed by atoms with Crippen molar-refractivity contribution in [2.75, 3.05) is 0 Å². The molecule has 4 rings (SSSR count). The summed E-state index contributed by atoms with van der Waals surface area (Å²) >= 11 is 0. The maximum absolute atomic E-state index is 12.7. The van der Waals surface area contributed by atoms with Gasteiger partial charge in [-0.3, -0.25) is 4.79 Å². The van der Waals surface area contributed by atoms with Gasteiger partial charge in [-0.15, -0.1) is 0 Å². The van der Waals surface area contributed by atoms with Crippen LogP contribution in [0.1, 0.15) is 52.2 Å². The van der Waals surface area contributed by atoms with Crippen LogP contribution in [0.4, 0.5) is 0 Å². The monoisotopic (exact) mass is 276 g/mol. The molecule has 2 aromatic rings. The summed E-state index contributed by atoms with van der Waals surface area (Å²) in [6, 6.07) is 16.9. The zero-order chi connectivity index (χ0) is 14.2. The number of ketones is 1. The highest BCUT2D eigenvalue weighted by molar-refractivity contribution is 5.98. The van der Waals surface area contributed by atoms with Crippen molar-refractivity contribution in [2.24, 2.45) is 5.92 Å². The molecule has 0 atom stereocenters. The second-order valence-corrected chi connectivity index (χ2v) is 6.49. The van der Waals surface area contributed by atoms with Gasteiger partial charge in [0.1, 0.15) is 0 Å². The minimum absolute atomic E-state index is 0.136. The summed E-state index contributed by atoms with van der Waals surface area (Å²) in [5.41, 5.74) is 4.99. The van der Waals surface area contributed by atoms with Crippen LogP contribution in [0.2, 0.25) is 0 Å². The number of hydrogen-bond acceptors (Lipinski definition) is 1. The van der Waals surface area contributed by atoms with E-state index in [0.717, 1.165) is 24.3 Å². The number of carbonyl (C=O) groups excluding carboxylic acids is 1. The fraction of sp³-hybridized carbons (Fsp3) is 0.350. The predicted octanol–water partition coefficient (Wildman–Crippen LogP) is 4.55. The molecular formula is C20H20O. The molecule has 0 heterocycles. The lowest BCUT2D eigenvalue weighted by Crippen LogP contribution is -2.15. The quantitative estimate of drug-likeness (QED) is 0.751. The fourth-order valence-electron chi connectivity index (χ4n) is 3.64. The maximum Gasteiger partial charge on any atom is 0.166 e. The van der Waals surface area contributed by atoms with Gasteiger partial charge in [0.15, 0.2) is 5.78 Å². The Labute approximate surface area is 126 Å². The summed E-state index contributed by atoms with van der Waals surface area (Å²) in [5, 5.41) is 0. The molecule has 0 aliphatic heterocycles. The van der Waals surface area contributed by atoms with E-state index in [-0.39, 0.29) is 5.92 Å². The van der Waals surface area contributed by atoms with E-state index in [1.54, 1.807) is 0 Å². The summed E-state index contributed by atoms with van der Waals surface area (Å²) < 4.78 is 0. The van der Waals surface area contributed by atoms with Gasteiger partial charge < -0.3 is 0 Å². The second-order valence-electron chi connectivity index (χ2n) is 6.49. The van der Waals surface area contributed by atoms with E-state index in [1.165, 1.54) is 36.0 Å². The van der Waals surface area contributed by atoms with E-state index in [1.807, 2.05) is 12.1 Å². The molecule has 0 unspecified atom stereocenters. The molecule has 1 fully saturated rings. The summed E-state index contributed by atoms with van der Waals surface area (Å²) in [6.07, 6.45) is 5.78. The van der Waals surface area contributed by atoms with E-state index in [9.17, 15) is 4.79 Å². The third-order valence-electron chi connectivity index (χ3n) is 5.19. The van der Waals surface area contributed by atoms with Gasteiger partial charge in [0.25, 0.3) is 0 Å². The number of carbonyl (C=O) groups is 1. The molecule has 0 saturated heterocycles. The summed E-state index contributed by atoms with van der Waals surface area (Å²) in [6.45, 7) is 0. The smallest absolute Gasteiger partial charge is 0.166 e. The summed E-state index contributed by atoms with van der Waals surface area (Å²) in [4.78, 5) is 12.7. The highest BCUT2D eigenvalue weighted by Gasteiger charge is 2.28. The Morgan fingerprint density at radius 1 is 0.857 bits per heavy atom. The Hall–Kier alpha value is -1.89. The molecule has 0 N–H and O–H groups in total. The molecule has 21 heavy (non-hydrogen) atoms. The predicted molar refractivity (Wildman–Crippen MR) is 84.7 cm³/mol. The third-order valence-corrected chi connectivity index (χ3v) is 5.19. The van der Waals surface area contributed by atoms with E-state index in [2.05, 4.69) is 36.4 Å². The fourth-order valence-corrected chi connectivity index (χ4v) is 3.64. The van der Waals surface area contributed by atoms with Gasteiger partial charge in [0.2, 0.25) is 0 Å². The zero-order valence-electron chi connectivity index (χ0n) is 12.2. The Bertz CT molecular complexity index is 639. The lowest BCUT2D eigenvalue weighted by atomic mass is 9.79. The van der Waals surface area contributed by atoms with Crippen LogP contribution in [0.3, 0.4) is 0 Å². The van der Waals surface area contributed by atoms with E-state index in [4.69, 9.17) is 0 Å². The van der Waals surface area contributed by atoms with Crippen molar-refractivity contribution < 1.29 is 4.79 Å². The SMILES string of the molecule is O=C(c1ccc(C2CCC2)cc1)C1Cc2ccccc2C1. The van der Waals surface area contributed by atoms with Crippen LogP contribution in [0.25, 0.3) is 0 Å². The van der Waals surface area contributed by atoms with Crippen molar-refractivity contribution in [3.63, 3.8) is 0 Å². The van der Waals surface area contributed by atoms with Crippen LogP contribution >= 0.6 is 0 Å². The number of rotatable bonds is 3. The first-order valence-electron chi connectivity index (χ1n) is 8.02. The standard InChI is InChI=1S/C20H20O/c21-20(19-12-17-4-1-2-5-18(17)13-19)16-10-8-15(9-11-16)14-6-3-7-14/h1-2,4-5,8-11,14,19H,3,6-7,12-13H2. The van der Waals surface area contributed by atoms with Crippen molar-refractivity contribution in [2.45, 2.75) is 38.0 Å². The first-order chi connectivity index (χ1) is 10.3. The number of benzene rings is 2. The van der Waals surface area contributed by atoms with Gasteiger partial charge in [-0.05, 0) is 48.3 Å².